The van der Waals surface area contributed by atoms with Crippen LogP contribution in [0.2, 0.25) is 0 Å². The third-order valence-corrected chi connectivity index (χ3v) is 4.38. The number of nitrogens with zero attached hydrogens (tertiary/aromatic N) is 6. The Labute approximate surface area is 169 Å². The van der Waals surface area contributed by atoms with Crippen molar-refractivity contribution < 1.29 is 9.53 Å². The van der Waals surface area contributed by atoms with E-state index >= 15 is 0 Å². The van der Waals surface area contributed by atoms with Gasteiger partial charge in [0.1, 0.15) is 5.65 Å². The number of fused-ring (bicyclic) bond motifs is 1. The van der Waals surface area contributed by atoms with Gasteiger partial charge < -0.3 is 4.74 Å². The Morgan fingerprint density at radius 1 is 1.20 bits per heavy atom. The molecule has 0 aliphatic heterocycles. The maximum atomic E-state index is 12.5. The Balaban J connectivity index is 1.59. The number of nitrogens with one attached hydrogen (secondary N) is 1. The average molecular weight is 407 g/mol. The van der Waals surface area contributed by atoms with E-state index in [2.05, 4.69) is 25.5 Å². The van der Waals surface area contributed by atoms with Gasteiger partial charge in [0, 0.05) is 12.7 Å². The number of para-hydroxylation sites is 1. The van der Waals surface area contributed by atoms with Crippen LogP contribution in [0.15, 0.2) is 52.2 Å². The first kappa shape index (κ1) is 19.2. The van der Waals surface area contributed by atoms with Crippen molar-refractivity contribution in [2.45, 2.75) is 26.5 Å². The molecule has 11 heteroatoms. The molecule has 3 aromatic heterocycles. The Morgan fingerprint density at radius 3 is 2.77 bits per heavy atom. The van der Waals surface area contributed by atoms with Crippen molar-refractivity contribution in [2.24, 2.45) is 0 Å². The quantitative estimate of drug-likeness (QED) is 0.464. The van der Waals surface area contributed by atoms with E-state index in [-0.39, 0.29) is 23.2 Å². The van der Waals surface area contributed by atoms with E-state index in [9.17, 15) is 14.4 Å². The predicted molar refractivity (Wildman–Crippen MR) is 105 cm³/mol. The molecule has 3 heterocycles. The van der Waals surface area contributed by atoms with Crippen molar-refractivity contribution in [3.8, 4) is 5.69 Å². The molecule has 0 amide bonds. The zero-order chi connectivity index (χ0) is 21.1. The third kappa shape index (κ3) is 3.60. The maximum Gasteiger partial charge on any atom is 0.340 e. The Morgan fingerprint density at radius 2 is 2.00 bits per heavy atom. The number of hydrogen-bond acceptors (Lipinski definition) is 8. The average Bonchev–Trinajstić information content (AvgIpc) is 3.24. The number of aryl methyl sites for hydroxylation is 1. The summed E-state index contributed by atoms with van der Waals surface area (Å²) >= 11 is 0. The minimum Gasteiger partial charge on any atom is -0.454 e. The standard InChI is InChI=1S/C19H17N7O4/c1-2-8-25-16-14(17(27)21-19(25)29)9-12(10-20-16)18(28)30-11-15-22-23-24-26(15)13-6-4-3-5-7-13/h3-7,9-10H,2,8,11H2,1H3,(H,21,27,29). The highest BCUT2D eigenvalue weighted by atomic mass is 16.5. The van der Waals surface area contributed by atoms with Gasteiger partial charge in [-0.1, -0.05) is 25.1 Å². The van der Waals surface area contributed by atoms with Crippen molar-refractivity contribution in [3.63, 3.8) is 0 Å². The molecule has 0 atom stereocenters. The lowest BCUT2D eigenvalue weighted by molar-refractivity contribution is 0.0459. The summed E-state index contributed by atoms with van der Waals surface area (Å²) in [7, 11) is 0. The van der Waals surface area contributed by atoms with Crippen molar-refractivity contribution >= 4 is 17.0 Å². The molecule has 1 N–H and O–H groups in total. The number of benzene rings is 1. The smallest absolute Gasteiger partial charge is 0.340 e. The highest BCUT2D eigenvalue weighted by Crippen LogP contribution is 2.12. The van der Waals surface area contributed by atoms with Crippen LogP contribution in [0.1, 0.15) is 29.5 Å². The lowest BCUT2D eigenvalue weighted by Gasteiger charge is -2.09. The van der Waals surface area contributed by atoms with Crippen LogP contribution in [-0.4, -0.2) is 40.7 Å². The summed E-state index contributed by atoms with van der Waals surface area (Å²) in [6.07, 6.45) is 1.96. The van der Waals surface area contributed by atoms with Crippen LogP contribution >= 0.6 is 0 Å². The summed E-state index contributed by atoms with van der Waals surface area (Å²) in [4.78, 5) is 43.1. The largest absolute Gasteiger partial charge is 0.454 e. The van der Waals surface area contributed by atoms with Gasteiger partial charge in [0.2, 0.25) is 0 Å². The predicted octanol–water partition coefficient (Wildman–Crippen LogP) is 0.827. The SMILES string of the molecule is CCCn1c(=O)[nH]c(=O)c2cc(C(=O)OCc3nnnn3-c3ccccc3)cnc21. The minimum absolute atomic E-state index is 0.0773. The van der Waals surface area contributed by atoms with Gasteiger partial charge in [-0.15, -0.1) is 5.10 Å². The number of pyridine rings is 1. The number of esters is 1. The number of hydrogen-bond donors (Lipinski definition) is 1. The third-order valence-electron chi connectivity index (χ3n) is 4.38. The molecular weight excluding hydrogens is 390 g/mol. The molecule has 30 heavy (non-hydrogen) atoms. The topological polar surface area (TPSA) is 138 Å². The molecule has 0 radical (unpaired) electrons. The Kier molecular flexibility index (Phi) is 5.16. The van der Waals surface area contributed by atoms with Gasteiger partial charge in [-0.3, -0.25) is 14.3 Å². The second-order valence-electron chi connectivity index (χ2n) is 6.42. The van der Waals surface area contributed by atoms with Gasteiger partial charge in [-0.05, 0) is 35.0 Å². The first-order chi connectivity index (χ1) is 14.6. The van der Waals surface area contributed by atoms with Gasteiger partial charge in [-0.2, -0.15) is 4.68 Å². The zero-order valence-corrected chi connectivity index (χ0v) is 16.0. The molecule has 0 spiro atoms. The number of carbonyl (C=O) groups is 1. The summed E-state index contributed by atoms with van der Waals surface area (Å²) in [5, 5.41) is 11.5. The van der Waals surface area contributed by atoms with Crippen LogP contribution in [0, 0.1) is 0 Å². The Bertz CT molecular complexity index is 1320. The molecule has 0 saturated heterocycles. The number of tetrazole rings is 1. The van der Waals surface area contributed by atoms with Gasteiger partial charge in [0.05, 0.1) is 16.6 Å². The minimum atomic E-state index is -0.695. The van der Waals surface area contributed by atoms with Crippen molar-refractivity contribution in [3.05, 3.63) is 74.8 Å². The second-order valence-corrected chi connectivity index (χ2v) is 6.42. The second kappa shape index (κ2) is 8.07. The lowest BCUT2D eigenvalue weighted by Crippen LogP contribution is -2.31. The molecule has 4 aromatic rings. The number of ether oxygens (including phenoxy) is 1. The molecular formula is C19H17N7O4. The van der Waals surface area contributed by atoms with Crippen molar-refractivity contribution in [1.29, 1.82) is 0 Å². The van der Waals surface area contributed by atoms with Crippen LogP contribution in [0.4, 0.5) is 0 Å². The van der Waals surface area contributed by atoms with Crippen LogP contribution in [0.5, 0.6) is 0 Å². The number of aromatic nitrogens is 7. The molecule has 1 aromatic carbocycles. The van der Waals surface area contributed by atoms with E-state index in [4.69, 9.17) is 4.74 Å². The fraction of sp³-hybridized carbons (Fsp3) is 0.211. The fourth-order valence-electron chi connectivity index (χ4n) is 2.99. The highest BCUT2D eigenvalue weighted by Gasteiger charge is 2.16. The van der Waals surface area contributed by atoms with Crippen molar-refractivity contribution in [2.75, 3.05) is 0 Å². The van der Waals surface area contributed by atoms with E-state index in [1.54, 1.807) is 0 Å². The molecule has 152 valence electrons. The van der Waals surface area contributed by atoms with Crippen LogP contribution < -0.4 is 11.2 Å². The van der Waals surface area contributed by atoms with E-state index in [1.807, 2.05) is 37.3 Å². The fourth-order valence-corrected chi connectivity index (χ4v) is 2.99. The number of carbonyl (C=O) groups excluding carboxylic acids is 1. The van der Waals surface area contributed by atoms with Gasteiger partial charge in [0.25, 0.3) is 5.56 Å². The monoisotopic (exact) mass is 407 g/mol. The van der Waals surface area contributed by atoms with Crippen molar-refractivity contribution in [1.82, 2.24) is 34.7 Å². The first-order valence-electron chi connectivity index (χ1n) is 9.21. The van der Waals surface area contributed by atoms with E-state index in [1.165, 1.54) is 21.5 Å². The van der Waals surface area contributed by atoms with Crippen LogP contribution in [0.3, 0.4) is 0 Å². The highest BCUT2D eigenvalue weighted by molar-refractivity contribution is 5.92. The zero-order valence-electron chi connectivity index (χ0n) is 16.0. The number of aromatic amines is 1. The molecule has 0 unspecified atom stereocenters. The summed E-state index contributed by atoms with van der Waals surface area (Å²) < 4.78 is 8.12. The normalized spacial score (nSPS) is 11.0. The molecule has 11 nitrogen and oxygen atoms in total. The molecule has 0 aliphatic carbocycles. The molecule has 0 aliphatic rings. The van der Waals surface area contributed by atoms with E-state index in [0.717, 1.165) is 5.69 Å². The lowest BCUT2D eigenvalue weighted by atomic mass is 10.2. The van der Waals surface area contributed by atoms with Gasteiger partial charge >= 0.3 is 11.7 Å². The summed E-state index contributed by atoms with van der Waals surface area (Å²) in [5.41, 5.74) is -0.132. The maximum absolute atomic E-state index is 12.5. The number of H-pyrrole nitrogens is 1. The van der Waals surface area contributed by atoms with E-state index in [0.29, 0.717) is 18.8 Å². The number of rotatable bonds is 6. The Hall–Kier alpha value is -4.15. The molecule has 0 bridgehead atoms. The summed E-state index contributed by atoms with van der Waals surface area (Å²) in [6.45, 7) is 2.12. The van der Waals surface area contributed by atoms with Gasteiger partial charge in [0.15, 0.2) is 12.4 Å². The van der Waals surface area contributed by atoms with Crippen LogP contribution in [0.25, 0.3) is 16.7 Å². The molecule has 0 saturated carbocycles. The first-order valence-corrected chi connectivity index (χ1v) is 9.21. The summed E-state index contributed by atoms with van der Waals surface area (Å²) in [5.74, 6) is -0.363. The summed E-state index contributed by atoms with van der Waals surface area (Å²) in [6, 6.07) is 10.5. The van der Waals surface area contributed by atoms with E-state index < -0.39 is 17.2 Å². The van der Waals surface area contributed by atoms with Crippen LogP contribution in [-0.2, 0) is 17.9 Å². The molecule has 0 fully saturated rings. The van der Waals surface area contributed by atoms with Gasteiger partial charge in [-0.25, -0.2) is 14.6 Å². The molecule has 4 rings (SSSR count).